The largest absolute Gasteiger partial charge is 0.354 e. The summed E-state index contributed by atoms with van der Waals surface area (Å²) in [5.41, 5.74) is 5.49. The van der Waals surface area contributed by atoms with Crippen LogP contribution in [0.1, 0.15) is 17.5 Å². The Bertz CT molecular complexity index is 1240. The SMILES string of the molecule is CN(C)CCC(=O)N(C)c1ccc(N/C(=C2\C(=O)Nc3cc(Br)ccc32)c2ccccc2)cc1. The van der Waals surface area contributed by atoms with Crippen LogP contribution < -0.4 is 15.5 Å². The second-order valence-corrected chi connectivity index (χ2v) is 9.35. The van der Waals surface area contributed by atoms with Crippen molar-refractivity contribution in [2.24, 2.45) is 0 Å². The van der Waals surface area contributed by atoms with Gasteiger partial charge >= 0.3 is 0 Å². The lowest BCUT2D eigenvalue weighted by atomic mass is 10.00. The van der Waals surface area contributed by atoms with E-state index < -0.39 is 0 Å². The number of amides is 2. The Kier molecular flexibility index (Phi) is 7.14. The molecule has 4 rings (SSSR count). The summed E-state index contributed by atoms with van der Waals surface area (Å²) in [6, 6.07) is 23.2. The Hall–Kier alpha value is -3.42. The average molecular weight is 519 g/mol. The molecule has 7 heteroatoms. The predicted molar refractivity (Wildman–Crippen MR) is 143 cm³/mol. The van der Waals surface area contributed by atoms with Gasteiger partial charge in [-0.3, -0.25) is 9.59 Å². The van der Waals surface area contributed by atoms with Crippen LogP contribution in [0.25, 0.3) is 11.3 Å². The van der Waals surface area contributed by atoms with Crippen LogP contribution in [0.2, 0.25) is 0 Å². The minimum atomic E-state index is -0.151. The molecule has 2 N–H and O–H groups in total. The van der Waals surface area contributed by atoms with Crippen LogP contribution in [0, 0.1) is 0 Å². The molecule has 1 aliphatic rings. The lowest BCUT2D eigenvalue weighted by Crippen LogP contribution is -2.29. The van der Waals surface area contributed by atoms with Crippen LogP contribution in [0.5, 0.6) is 0 Å². The summed E-state index contributed by atoms with van der Waals surface area (Å²) in [7, 11) is 5.69. The fraction of sp³-hybridized carbons (Fsp3) is 0.185. The Morgan fingerprint density at radius 1 is 0.971 bits per heavy atom. The molecule has 34 heavy (non-hydrogen) atoms. The van der Waals surface area contributed by atoms with Crippen molar-refractivity contribution in [2.45, 2.75) is 6.42 Å². The molecule has 6 nitrogen and oxygen atoms in total. The molecule has 0 unspecified atom stereocenters. The molecule has 3 aromatic rings. The molecule has 0 aliphatic carbocycles. The fourth-order valence-corrected chi connectivity index (χ4v) is 4.18. The second-order valence-electron chi connectivity index (χ2n) is 8.44. The molecule has 3 aromatic carbocycles. The van der Waals surface area contributed by atoms with Gasteiger partial charge in [-0.25, -0.2) is 0 Å². The van der Waals surface area contributed by atoms with Crippen LogP contribution in [0.15, 0.2) is 77.3 Å². The smallest absolute Gasteiger partial charge is 0.258 e. The number of benzene rings is 3. The molecule has 1 aliphatic heterocycles. The van der Waals surface area contributed by atoms with Gasteiger partial charge in [-0.1, -0.05) is 52.3 Å². The van der Waals surface area contributed by atoms with E-state index in [1.54, 1.807) is 11.9 Å². The molecule has 1 heterocycles. The minimum Gasteiger partial charge on any atom is -0.354 e. The first-order valence-corrected chi connectivity index (χ1v) is 11.8. The Morgan fingerprint density at radius 3 is 2.35 bits per heavy atom. The standard InChI is InChI=1S/C27H27BrN4O2/c1-31(2)16-15-24(33)32(3)21-12-10-20(11-13-21)29-26(18-7-5-4-6-8-18)25-22-14-9-19(28)17-23(22)30-27(25)34/h4-14,17,29H,15-16H2,1-3H3,(H,30,34)/b26-25-. The predicted octanol–water partition coefficient (Wildman–Crippen LogP) is 5.30. The Morgan fingerprint density at radius 2 is 1.68 bits per heavy atom. The number of anilines is 3. The van der Waals surface area contributed by atoms with Crippen LogP contribution in [-0.2, 0) is 9.59 Å². The van der Waals surface area contributed by atoms with E-state index >= 15 is 0 Å². The zero-order chi connectivity index (χ0) is 24.2. The minimum absolute atomic E-state index is 0.0619. The Balaban J connectivity index is 1.65. The normalized spacial score (nSPS) is 14.0. The molecule has 0 bridgehead atoms. The molecule has 0 radical (unpaired) electrons. The van der Waals surface area contributed by atoms with E-state index in [1.165, 1.54) is 0 Å². The van der Waals surface area contributed by atoms with Gasteiger partial charge in [-0.15, -0.1) is 0 Å². The molecular formula is C27H27BrN4O2. The van der Waals surface area contributed by atoms with Gasteiger partial charge in [-0.2, -0.15) is 0 Å². The van der Waals surface area contributed by atoms with Gasteiger partial charge in [0.1, 0.15) is 0 Å². The van der Waals surface area contributed by atoms with Crippen molar-refractivity contribution in [1.82, 2.24) is 4.90 Å². The summed E-state index contributed by atoms with van der Waals surface area (Å²) in [5.74, 6) is -0.0887. The summed E-state index contributed by atoms with van der Waals surface area (Å²) >= 11 is 3.47. The van der Waals surface area contributed by atoms with E-state index in [4.69, 9.17) is 0 Å². The van der Waals surface area contributed by atoms with E-state index in [9.17, 15) is 9.59 Å². The van der Waals surface area contributed by atoms with Gasteiger partial charge in [0.15, 0.2) is 0 Å². The first-order valence-electron chi connectivity index (χ1n) is 11.0. The zero-order valence-corrected chi connectivity index (χ0v) is 21.0. The van der Waals surface area contributed by atoms with Crippen LogP contribution in [-0.4, -0.2) is 44.4 Å². The molecule has 174 valence electrons. The number of hydrogen-bond acceptors (Lipinski definition) is 4. The fourth-order valence-electron chi connectivity index (χ4n) is 3.82. The lowest BCUT2D eigenvalue weighted by molar-refractivity contribution is -0.118. The van der Waals surface area contributed by atoms with Crippen molar-refractivity contribution in [1.29, 1.82) is 0 Å². The van der Waals surface area contributed by atoms with Crippen LogP contribution in [0.3, 0.4) is 0 Å². The van der Waals surface area contributed by atoms with Crippen LogP contribution >= 0.6 is 15.9 Å². The molecule has 0 saturated carbocycles. The topological polar surface area (TPSA) is 64.7 Å². The van der Waals surface area contributed by atoms with Gasteiger partial charge in [0.05, 0.1) is 17.0 Å². The van der Waals surface area contributed by atoms with E-state index in [0.29, 0.717) is 18.5 Å². The molecular weight excluding hydrogens is 492 g/mol. The summed E-state index contributed by atoms with van der Waals surface area (Å²) in [6.07, 6.45) is 0.457. The highest BCUT2D eigenvalue weighted by Gasteiger charge is 2.28. The van der Waals surface area contributed by atoms with Crippen molar-refractivity contribution >= 4 is 56.1 Å². The lowest BCUT2D eigenvalue weighted by Gasteiger charge is -2.20. The first-order chi connectivity index (χ1) is 16.3. The third kappa shape index (κ3) is 5.21. The Labute approximate surface area is 208 Å². The highest BCUT2D eigenvalue weighted by molar-refractivity contribution is 9.10. The number of nitrogens with zero attached hydrogens (tertiary/aromatic N) is 2. The molecule has 0 fully saturated rings. The van der Waals surface area contributed by atoms with Crippen molar-refractivity contribution in [3.8, 4) is 0 Å². The number of rotatable bonds is 7. The molecule has 0 saturated heterocycles. The van der Waals surface area contributed by atoms with Gasteiger partial charge in [0.25, 0.3) is 5.91 Å². The van der Waals surface area contributed by atoms with E-state index in [1.807, 2.05) is 91.8 Å². The summed E-state index contributed by atoms with van der Waals surface area (Å²) in [6.45, 7) is 0.705. The van der Waals surface area contributed by atoms with Crippen molar-refractivity contribution in [3.63, 3.8) is 0 Å². The van der Waals surface area contributed by atoms with E-state index in [2.05, 4.69) is 26.6 Å². The second kappa shape index (κ2) is 10.2. The number of nitrogens with one attached hydrogen (secondary N) is 2. The number of hydrogen-bond donors (Lipinski definition) is 2. The van der Waals surface area contributed by atoms with E-state index in [0.717, 1.165) is 38.4 Å². The molecule has 2 amide bonds. The third-order valence-corrected chi connectivity index (χ3v) is 6.20. The number of halogens is 1. The number of fused-ring (bicyclic) bond motifs is 1. The molecule has 0 atom stereocenters. The van der Waals surface area contributed by atoms with Gasteiger partial charge in [0.2, 0.25) is 5.91 Å². The summed E-state index contributed by atoms with van der Waals surface area (Å²) < 4.78 is 0.904. The van der Waals surface area contributed by atoms with Crippen molar-refractivity contribution in [2.75, 3.05) is 43.2 Å². The van der Waals surface area contributed by atoms with Gasteiger partial charge in [-0.05, 0) is 56.1 Å². The van der Waals surface area contributed by atoms with Crippen molar-refractivity contribution in [3.05, 3.63) is 88.4 Å². The maximum atomic E-state index is 13.0. The maximum absolute atomic E-state index is 13.0. The molecule has 0 spiro atoms. The van der Waals surface area contributed by atoms with Crippen LogP contribution in [0.4, 0.5) is 17.1 Å². The number of carbonyl (C=O) groups excluding carboxylic acids is 2. The molecule has 0 aromatic heterocycles. The van der Waals surface area contributed by atoms with Crippen molar-refractivity contribution < 1.29 is 9.59 Å². The summed E-state index contributed by atoms with van der Waals surface area (Å²) in [4.78, 5) is 29.1. The first kappa shape index (κ1) is 23.7. The van der Waals surface area contributed by atoms with Gasteiger partial charge in [0, 0.05) is 41.4 Å². The quantitative estimate of drug-likeness (QED) is 0.416. The monoisotopic (exact) mass is 518 g/mol. The van der Waals surface area contributed by atoms with Gasteiger partial charge < -0.3 is 20.4 Å². The third-order valence-electron chi connectivity index (χ3n) is 5.71. The number of carbonyl (C=O) groups is 2. The average Bonchev–Trinajstić information content (AvgIpc) is 3.15. The highest BCUT2D eigenvalue weighted by Crippen LogP contribution is 2.38. The summed E-state index contributed by atoms with van der Waals surface area (Å²) in [5, 5.41) is 6.42. The maximum Gasteiger partial charge on any atom is 0.258 e. The zero-order valence-electron chi connectivity index (χ0n) is 19.4. The highest BCUT2D eigenvalue weighted by atomic mass is 79.9. The van der Waals surface area contributed by atoms with E-state index in [-0.39, 0.29) is 11.8 Å².